The predicted octanol–water partition coefficient (Wildman–Crippen LogP) is 1.85. The molecule has 1 amide bonds. The highest BCUT2D eigenvalue weighted by atomic mass is 19.1. The summed E-state index contributed by atoms with van der Waals surface area (Å²) in [6.07, 6.45) is 1.51. The van der Waals surface area contributed by atoms with Gasteiger partial charge in [-0.1, -0.05) is 0 Å². The minimum atomic E-state index is -0.373. The molecule has 1 atom stereocenters. The van der Waals surface area contributed by atoms with E-state index in [0.717, 1.165) is 12.8 Å². The molecule has 1 aliphatic heterocycles. The van der Waals surface area contributed by atoms with Crippen molar-refractivity contribution in [3.05, 3.63) is 35.6 Å². The highest BCUT2D eigenvalue weighted by Crippen LogP contribution is 2.19. The van der Waals surface area contributed by atoms with Crippen molar-refractivity contribution in [1.82, 2.24) is 4.90 Å². The van der Waals surface area contributed by atoms with Crippen LogP contribution in [0.2, 0.25) is 0 Å². The number of rotatable bonds is 2. The highest BCUT2D eigenvalue weighted by molar-refractivity contribution is 5.94. The number of piperidine rings is 1. The summed E-state index contributed by atoms with van der Waals surface area (Å²) >= 11 is 0. The Kier molecular flexibility index (Phi) is 4.14. The van der Waals surface area contributed by atoms with Gasteiger partial charge in [-0.05, 0) is 37.1 Å². The predicted molar refractivity (Wildman–Crippen MR) is 67.0 cm³/mol. The van der Waals surface area contributed by atoms with Crippen LogP contribution in [0.15, 0.2) is 24.3 Å². The molecule has 1 aromatic carbocycles. The van der Waals surface area contributed by atoms with Gasteiger partial charge in [-0.15, -0.1) is 0 Å². The maximum atomic E-state index is 12.8. The number of methoxy groups -OCH3 is 1. The van der Waals surface area contributed by atoms with E-state index in [0.29, 0.717) is 18.7 Å². The summed E-state index contributed by atoms with van der Waals surface area (Å²) in [5.74, 6) is -1.09. The van der Waals surface area contributed by atoms with Crippen LogP contribution in [-0.2, 0) is 9.53 Å². The molecular weight excluding hydrogens is 249 g/mol. The smallest absolute Gasteiger partial charge is 0.310 e. The van der Waals surface area contributed by atoms with Crippen molar-refractivity contribution in [1.29, 1.82) is 0 Å². The van der Waals surface area contributed by atoms with Gasteiger partial charge in [0.2, 0.25) is 0 Å². The van der Waals surface area contributed by atoms with E-state index in [1.165, 1.54) is 31.4 Å². The third-order valence-electron chi connectivity index (χ3n) is 3.33. The molecule has 0 bridgehead atoms. The van der Waals surface area contributed by atoms with Crippen molar-refractivity contribution in [2.24, 2.45) is 5.92 Å². The van der Waals surface area contributed by atoms with Crippen LogP contribution in [0, 0.1) is 11.7 Å². The minimum absolute atomic E-state index is 0.173. The van der Waals surface area contributed by atoms with Gasteiger partial charge in [0.05, 0.1) is 13.0 Å². The van der Waals surface area contributed by atoms with Gasteiger partial charge in [0.15, 0.2) is 0 Å². The van der Waals surface area contributed by atoms with Gasteiger partial charge in [-0.3, -0.25) is 9.59 Å². The normalized spacial score (nSPS) is 19.1. The minimum Gasteiger partial charge on any atom is -0.469 e. The van der Waals surface area contributed by atoms with Gasteiger partial charge in [0.25, 0.3) is 5.91 Å². The largest absolute Gasteiger partial charge is 0.469 e. The fourth-order valence-corrected chi connectivity index (χ4v) is 2.30. The van der Waals surface area contributed by atoms with Crippen molar-refractivity contribution in [2.75, 3.05) is 20.2 Å². The molecule has 1 fully saturated rings. The fraction of sp³-hybridized carbons (Fsp3) is 0.429. The lowest BCUT2D eigenvalue weighted by Crippen LogP contribution is -2.42. The van der Waals surface area contributed by atoms with Gasteiger partial charge in [-0.25, -0.2) is 4.39 Å². The Morgan fingerprint density at radius 1 is 1.32 bits per heavy atom. The number of benzene rings is 1. The molecule has 0 unspecified atom stereocenters. The maximum absolute atomic E-state index is 12.8. The van der Waals surface area contributed by atoms with E-state index in [1.54, 1.807) is 4.90 Å². The van der Waals surface area contributed by atoms with Crippen molar-refractivity contribution in [3.8, 4) is 0 Å². The zero-order chi connectivity index (χ0) is 13.8. The van der Waals surface area contributed by atoms with Gasteiger partial charge < -0.3 is 9.64 Å². The zero-order valence-electron chi connectivity index (χ0n) is 10.8. The number of carbonyl (C=O) groups is 2. The Morgan fingerprint density at radius 2 is 2.00 bits per heavy atom. The molecule has 4 nitrogen and oxygen atoms in total. The Morgan fingerprint density at radius 3 is 2.63 bits per heavy atom. The van der Waals surface area contributed by atoms with Crippen molar-refractivity contribution < 1.29 is 18.7 Å². The molecule has 0 radical (unpaired) electrons. The summed E-state index contributed by atoms with van der Waals surface area (Å²) in [6.45, 7) is 0.979. The van der Waals surface area contributed by atoms with E-state index in [-0.39, 0.29) is 23.6 Å². The van der Waals surface area contributed by atoms with Crippen LogP contribution in [0.25, 0.3) is 0 Å². The second-order valence-electron chi connectivity index (χ2n) is 4.62. The molecule has 19 heavy (non-hydrogen) atoms. The molecule has 0 aromatic heterocycles. The van der Waals surface area contributed by atoms with Gasteiger partial charge >= 0.3 is 5.97 Å². The zero-order valence-corrected chi connectivity index (χ0v) is 10.8. The van der Waals surface area contributed by atoms with Crippen molar-refractivity contribution >= 4 is 11.9 Å². The van der Waals surface area contributed by atoms with Gasteiger partial charge in [0.1, 0.15) is 5.82 Å². The number of hydrogen-bond donors (Lipinski definition) is 0. The molecule has 0 aliphatic carbocycles. The van der Waals surface area contributed by atoms with Crippen LogP contribution >= 0.6 is 0 Å². The second kappa shape index (κ2) is 5.82. The van der Waals surface area contributed by atoms with E-state index >= 15 is 0 Å². The highest BCUT2D eigenvalue weighted by Gasteiger charge is 2.29. The first kappa shape index (κ1) is 13.5. The Balaban J connectivity index is 2.06. The average molecular weight is 265 g/mol. The summed E-state index contributed by atoms with van der Waals surface area (Å²) in [6, 6.07) is 5.43. The lowest BCUT2D eigenvalue weighted by molar-refractivity contribution is -0.146. The molecule has 0 spiro atoms. The van der Waals surface area contributed by atoms with Crippen LogP contribution in [0.5, 0.6) is 0 Å². The fourth-order valence-electron chi connectivity index (χ4n) is 2.30. The quantitative estimate of drug-likeness (QED) is 0.767. The van der Waals surface area contributed by atoms with E-state index in [1.807, 2.05) is 0 Å². The number of nitrogens with zero attached hydrogens (tertiary/aromatic N) is 1. The molecule has 0 saturated carbocycles. The number of esters is 1. The number of likely N-dealkylation sites (tertiary alicyclic amines) is 1. The number of hydrogen-bond acceptors (Lipinski definition) is 3. The molecule has 2 rings (SSSR count). The van der Waals surface area contributed by atoms with Crippen molar-refractivity contribution in [3.63, 3.8) is 0 Å². The van der Waals surface area contributed by atoms with E-state index in [9.17, 15) is 14.0 Å². The molecule has 1 aliphatic rings. The summed E-state index contributed by atoms with van der Waals surface area (Å²) in [5.41, 5.74) is 0.437. The Hall–Kier alpha value is -1.91. The summed E-state index contributed by atoms with van der Waals surface area (Å²) in [4.78, 5) is 25.3. The number of halogens is 1. The lowest BCUT2D eigenvalue weighted by Gasteiger charge is -2.31. The lowest BCUT2D eigenvalue weighted by atomic mass is 9.97. The number of ether oxygens (including phenoxy) is 1. The molecule has 0 N–H and O–H groups in total. The molecule has 5 heteroatoms. The van der Waals surface area contributed by atoms with Crippen molar-refractivity contribution in [2.45, 2.75) is 12.8 Å². The van der Waals surface area contributed by atoms with Crippen LogP contribution in [0.3, 0.4) is 0 Å². The van der Waals surface area contributed by atoms with Crippen LogP contribution in [0.4, 0.5) is 4.39 Å². The molecular formula is C14H16FNO3. The SMILES string of the molecule is COC(=O)[C@@H]1CCCN(C(=O)c2ccc(F)cc2)C1. The number of amides is 1. The van der Waals surface area contributed by atoms with E-state index in [4.69, 9.17) is 4.74 Å². The average Bonchev–Trinajstić information content (AvgIpc) is 2.46. The van der Waals surface area contributed by atoms with E-state index < -0.39 is 0 Å². The Bertz CT molecular complexity index is 472. The van der Waals surface area contributed by atoms with Crippen LogP contribution in [-0.4, -0.2) is 37.0 Å². The first-order valence-corrected chi connectivity index (χ1v) is 6.24. The Labute approximate surface area is 111 Å². The summed E-state index contributed by atoms with van der Waals surface area (Å²) in [7, 11) is 1.35. The van der Waals surface area contributed by atoms with Crippen LogP contribution in [0.1, 0.15) is 23.2 Å². The monoisotopic (exact) mass is 265 g/mol. The third-order valence-corrected chi connectivity index (χ3v) is 3.33. The topological polar surface area (TPSA) is 46.6 Å². The third kappa shape index (κ3) is 3.10. The number of carbonyl (C=O) groups excluding carboxylic acids is 2. The first-order chi connectivity index (χ1) is 9.11. The van der Waals surface area contributed by atoms with Crippen LogP contribution < -0.4 is 0 Å². The summed E-state index contributed by atoms with van der Waals surface area (Å²) < 4.78 is 17.5. The molecule has 102 valence electrons. The molecule has 1 aromatic rings. The standard InChI is InChI=1S/C14H16FNO3/c1-19-14(18)11-3-2-8-16(9-11)13(17)10-4-6-12(15)7-5-10/h4-7,11H,2-3,8-9H2,1H3/t11-/m1/s1. The maximum Gasteiger partial charge on any atom is 0.310 e. The van der Waals surface area contributed by atoms with E-state index in [2.05, 4.69) is 0 Å². The summed E-state index contributed by atoms with van der Waals surface area (Å²) in [5, 5.41) is 0. The van der Waals surface area contributed by atoms with Gasteiger partial charge in [0, 0.05) is 18.7 Å². The molecule has 1 heterocycles. The second-order valence-corrected chi connectivity index (χ2v) is 4.62. The van der Waals surface area contributed by atoms with Gasteiger partial charge in [-0.2, -0.15) is 0 Å². The molecule has 1 saturated heterocycles. The first-order valence-electron chi connectivity index (χ1n) is 6.24.